The fraction of sp³-hybridized carbons (Fsp3) is 0.667. The highest BCUT2D eigenvalue weighted by atomic mass is 35.5. The van der Waals surface area contributed by atoms with Gasteiger partial charge in [-0.1, -0.05) is 24.1 Å². The molecule has 1 saturated carbocycles. The molecule has 3 unspecified atom stereocenters. The fourth-order valence-electron chi connectivity index (χ4n) is 3.82. The summed E-state index contributed by atoms with van der Waals surface area (Å²) in [6.07, 6.45) is 4.78. The predicted octanol–water partition coefficient (Wildman–Crippen LogP) is 1.88. The van der Waals surface area contributed by atoms with Crippen molar-refractivity contribution in [1.82, 2.24) is 14.6 Å². The number of rotatable bonds is 4. The van der Waals surface area contributed by atoms with Crippen LogP contribution in [0.2, 0.25) is 5.15 Å². The van der Waals surface area contributed by atoms with Gasteiger partial charge in [-0.15, -0.1) is 0 Å². The van der Waals surface area contributed by atoms with Crippen molar-refractivity contribution in [3.05, 3.63) is 29.0 Å². The van der Waals surface area contributed by atoms with Crippen molar-refractivity contribution in [3.8, 4) is 0 Å². The largest absolute Gasteiger partial charge is 0.306 e. The van der Waals surface area contributed by atoms with Gasteiger partial charge in [0.15, 0.2) is 0 Å². The van der Waals surface area contributed by atoms with Gasteiger partial charge in [0, 0.05) is 25.3 Å². The SMILES string of the molecule is CN1CC2CCCC(NS(=O)(=O)Cc3ccc(Cl)nc3)C2C1. The van der Waals surface area contributed by atoms with E-state index in [0.29, 0.717) is 22.6 Å². The van der Waals surface area contributed by atoms with Gasteiger partial charge in [-0.2, -0.15) is 0 Å². The Kier molecular flexibility index (Phi) is 4.73. The summed E-state index contributed by atoms with van der Waals surface area (Å²) in [5.74, 6) is 1.03. The van der Waals surface area contributed by atoms with Crippen molar-refractivity contribution in [1.29, 1.82) is 0 Å². The fourth-order valence-corrected chi connectivity index (χ4v) is 5.38. The minimum Gasteiger partial charge on any atom is -0.306 e. The number of nitrogens with zero attached hydrogens (tertiary/aromatic N) is 2. The summed E-state index contributed by atoms with van der Waals surface area (Å²) in [4.78, 5) is 6.25. The molecule has 0 aromatic carbocycles. The zero-order valence-electron chi connectivity index (χ0n) is 12.7. The van der Waals surface area contributed by atoms with E-state index in [1.165, 1.54) is 12.6 Å². The number of hydrogen-bond donors (Lipinski definition) is 1. The molecule has 2 fully saturated rings. The molecule has 0 bridgehead atoms. The average molecular weight is 344 g/mol. The Morgan fingerprint density at radius 2 is 2.18 bits per heavy atom. The topological polar surface area (TPSA) is 62.3 Å². The molecule has 1 aromatic rings. The molecule has 3 rings (SSSR count). The molecular weight excluding hydrogens is 322 g/mol. The van der Waals surface area contributed by atoms with Crippen molar-refractivity contribution >= 4 is 21.6 Å². The van der Waals surface area contributed by atoms with Crippen LogP contribution in [0.3, 0.4) is 0 Å². The van der Waals surface area contributed by atoms with E-state index in [9.17, 15) is 8.42 Å². The summed E-state index contributed by atoms with van der Waals surface area (Å²) in [5.41, 5.74) is 0.660. The molecule has 1 aromatic heterocycles. The van der Waals surface area contributed by atoms with E-state index in [1.807, 2.05) is 0 Å². The van der Waals surface area contributed by atoms with Crippen LogP contribution in [-0.2, 0) is 15.8 Å². The van der Waals surface area contributed by atoms with E-state index in [0.717, 1.165) is 25.9 Å². The highest BCUT2D eigenvalue weighted by Gasteiger charge is 2.40. The number of aromatic nitrogens is 1. The molecule has 3 atom stereocenters. The molecule has 0 amide bonds. The maximum absolute atomic E-state index is 12.4. The lowest BCUT2D eigenvalue weighted by Gasteiger charge is -2.33. The van der Waals surface area contributed by atoms with E-state index in [-0.39, 0.29) is 11.8 Å². The Morgan fingerprint density at radius 3 is 2.91 bits per heavy atom. The van der Waals surface area contributed by atoms with Gasteiger partial charge in [0.05, 0.1) is 5.75 Å². The minimum absolute atomic E-state index is 0.0408. The third kappa shape index (κ3) is 3.79. The lowest BCUT2D eigenvalue weighted by molar-refractivity contribution is 0.245. The number of nitrogens with one attached hydrogen (secondary N) is 1. The third-order valence-electron chi connectivity index (χ3n) is 4.76. The first-order chi connectivity index (χ1) is 10.4. The van der Waals surface area contributed by atoms with Crippen molar-refractivity contribution in [3.63, 3.8) is 0 Å². The molecule has 1 aliphatic carbocycles. The molecule has 1 N–H and O–H groups in total. The molecule has 1 saturated heterocycles. The van der Waals surface area contributed by atoms with Crippen LogP contribution in [0.5, 0.6) is 0 Å². The summed E-state index contributed by atoms with van der Waals surface area (Å²) in [6, 6.07) is 3.39. The zero-order chi connectivity index (χ0) is 15.7. The second-order valence-corrected chi connectivity index (χ2v) is 8.69. The first kappa shape index (κ1) is 16.2. The second-order valence-electron chi connectivity index (χ2n) is 6.55. The standard InChI is InChI=1S/C15H22ClN3O2S/c1-19-8-12-3-2-4-14(13(12)9-19)18-22(20,21)10-11-5-6-15(16)17-7-11/h5-7,12-14,18H,2-4,8-10H2,1H3. The van der Waals surface area contributed by atoms with Gasteiger partial charge in [-0.3, -0.25) is 0 Å². The van der Waals surface area contributed by atoms with Crippen molar-refractivity contribution in [2.24, 2.45) is 11.8 Å². The summed E-state index contributed by atoms with van der Waals surface area (Å²) < 4.78 is 27.8. The molecule has 2 heterocycles. The van der Waals surface area contributed by atoms with Gasteiger partial charge in [0.25, 0.3) is 0 Å². The summed E-state index contributed by atoms with van der Waals surface area (Å²) in [6.45, 7) is 2.07. The van der Waals surface area contributed by atoms with Crippen molar-refractivity contribution in [2.75, 3.05) is 20.1 Å². The van der Waals surface area contributed by atoms with Gasteiger partial charge >= 0.3 is 0 Å². The molecule has 1 aliphatic heterocycles. The van der Waals surface area contributed by atoms with Crippen LogP contribution in [0.4, 0.5) is 0 Å². The van der Waals surface area contributed by atoms with Gasteiger partial charge in [-0.25, -0.2) is 18.1 Å². The normalized spacial score (nSPS) is 29.5. The van der Waals surface area contributed by atoms with Crippen LogP contribution in [0.25, 0.3) is 0 Å². The molecule has 5 nitrogen and oxygen atoms in total. The van der Waals surface area contributed by atoms with Crippen molar-refractivity contribution in [2.45, 2.75) is 31.1 Å². The first-order valence-electron chi connectivity index (χ1n) is 7.72. The van der Waals surface area contributed by atoms with E-state index >= 15 is 0 Å². The minimum atomic E-state index is -3.35. The Morgan fingerprint density at radius 1 is 1.36 bits per heavy atom. The van der Waals surface area contributed by atoms with Crippen LogP contribution in [0, 0.1) is 11.8 Å². The van der Waals surface area contributed by atoms with Crippen LogP contribution in [0.1, 0.15) is 24.8 Å². The number of likely N-dealkylation sites (tertiary alicyclic amines) is 1. The summed E-state index contributed by atoms with van der Waals surface area (Å²) >= 11 is 5.73. The number of halogens is 1. The van der Waals surface area contributed by atoms with Crippen LogP contribution >= 0.6 is 11.6 Å². The lowest BCUT2D eigenvalue weighted by Crippen LogP contribution is -2.45. The zero-order valence-corrected chi connectivity index (χ0v) is 14.3. The molecule has 122 valence electrons. The van der Waals surface area contributed by atoms with Gasteiger partial charge in [-0.05, 0) is 43.4 Å². The molecule has 0 radical (unpaired) electrons. The molecule has 2 aliphatic rings. The summed E-state index contributed by atoms with van der Waals surface area (Å²) in [7, 11) is -1.24. The molecule has 7 heteroatoms. The van der Waals surface area contributed by atoms with Crippen LogP contribution in [-0.4, -0.2) is 44.5 Å². The van der Waals surface area contributed by atoms with Gasteiger partial charge in [0.1, 0.15) is 5.15 Å². The van der Waals surface area contributed by atoms with E-state index < -0.39 is 10.0 Å². The Hall–Kier alpha value is -0.690. The van der Waals surface area contributed by atoms with Crippen LogP contribution in [0.15, 0.2) is 18.3 Å². The number of pyridine rings is 1. The molecule has 0 spiro atoms. The first-order valence-corrected chi connectivity index (χ1v) is 9.75. The Balaban J connectivity index is 1.67. The van der Waals surface area contributed by atoms with E-state index in [2.05, 4.69) is 21.7 Å². The van der Waals surface area contributed by atoms with E-state index in [4.69, 9.17) is 11.6 Å². The Bertz CT molecular complexity index is 620. The van der Waals surface area contributed by atoms with E-state index in [1.54, 1.807) is 12.1 Å². The smallest absolute Gasteiger partial charge is 0.216 e. The number of hydrogen-bond acceptors (Lipinski definition) is 4. The average Bonchev–Trinajstić information content (AvgIpc) is 2.82. The number of sulfonamides is 1. The molecule has 22 heavy (non-hydrogen) atoms. The molecular formula is C15H22ClN3O2S. The van der Waals surface area contributed by atoms with Gasteiger partial charge in [0.2, 0.25) is 10.0 Å². The predicted molar refractivity (Wildman–Crippen MR) is 87.1 cm³/mol. The quantitative estimate of drug-likeness (QED) is 0.848. The highest BCUT2D eigenvalue weighted by molar-refractivity contribution is 7.88. The number of fused-ring (bicyclic) bond motifs is 1. The van der Waals surface area contributed by atoms with Crippen molar-refractivity contribution < 1.29 is 8.42 Å². The monoisotopic (exact) mass is 343 g/mol. The maximum Gasteiger partial charge on any atom is 0.216 e. The maximum atomic E-state index is 12.4. The highest BCUT2D eigenvalue weighted by Crippen LogP contribution is 2.36. The Labute approximate surface area is 137 Å². The third-order valence-corrected chi connectivity index (χ3v) is 6.36. The summed E-state index contributed by atoms with van der Waals surface area (Å²) in [5, 5.41) is 0.373. The lowest BCUT2D eigenvalue weighted by atomic mass is 9.78. The van der Waals surface area contributed by atoms with Gasteiger partial charge < -0.3 is 4.90 Å². The second kappa shape index (κ2) is 6.43. The van der Waals surface area contributed by atoms with Crippen LogP contribution < -0.4 is 4.72 Å².